The van der Waals surface area contributed by atoms with Crippen LogP contribution in [0.4, 0.5) is 4.39 Å². The molecule has 1 N–H and O–H groups in total. The van der Waals surface area contributed by atoms with Crippen LogP contribution >= 0.6 is 0 Å². The standard InChI is InChI=1S/C16H14FNO4/c1-21-13-8-4-5-9-14(13)22-15(19)10-18-16(20)11-6-2-3-7-12(11)17/h2-9H,10H2,1H3,(H,18,20). The maximum atomic E-state index is 13.4. The highest BCUT2D eigenvalue weighted by molar-refractivity contribution is 5.96. The van der Waals surface area contributed by atoms with Gasteiger partial charge in [0, 0.05) is 0 Å². The molecule has 0 radical (unpaired) electrons. The van der Waals surface area contributed by atoms with Gasteiger partial charge >= 0.3 is 5.97 Å². The molecule has 0 aromatic heterocycles. The molecule has 0 unspecified atom stereocenters. The molecule has 0 fully saturated rings. The van der Waals surface area contributed by atoms with Gasteiger partial charge in [0.1, 0.15) is 12.4 Å². The lowest BCUT2D eigenvalue weighted by Crippen LogP contribution is -2.32. The normalized spacial score (nSPS) is 9.91. The largest absolute Gasteiger partial charge is 0.493 e. The summed E-state index contributed by atoms with van der Waals surface area (Å²) in [6, 6.07) is 12.1. The predicted molar refractivity (Wildman–Crippen MR) is 77.4 cm³/mol. The Morgan fingerprint density at radius 1 is 1.05 bits per heavy atom. The summed E-state index contributed by atoms with van der Waals surface area (Å²) in [5, 5.41) is 2.30. The first-order valence-electron chi connectivity index (χ1n) is 6.48. The van der Waals surface area contributed by atoms with Crippen molar-refractivity contribution in [2.24, 2.45) is 0 Å². The van der Waals surface area contributed by atoms with Crippen molar-refractivity contribution in [2.45, 2.75) is 0 Å². The maximum absolute atomic E-state index is 13.4. The Morgan fingerprint density at radius 3 is 2.36 bits per heavy atom. The number of amides is 1. The third-order valence-electron chi connectivity index (χ3n) is 2.80. The number of hydrogen-bond acceptors (Lipinski definition) is 4. The molecular formula is C16H14FNO4. The van der Waals surface area contributed by atoms with Crippen molar-refractivity contribution in [3.05, 3.63) is 59.9 Å². The van der Waals surface area contributed by atoms with Crippen molar-refractivity contribution in [1.29, 1.82) is 0 Å². The van der Waals surface area contributed by atoms with Crippen molar-refractivity contribution < 1.29 is 23.5 Å². The van der Waals surface area contributed by atoms with Gasteiger partial charge in [-0.2, -0.15) is 0 Å². The minimum Gasteiger partial charge on any atom is -0.493 e. The van der Waals surface area contributed by atoms with Crippen molar-refractivity contribution in [3.8, 4) is 11.5 Å². The Labute approximate surface area is 126 Å². The fourth-order valence-corrected chi connectivity index (χ4v) is 1.75. The molecule has 2 rings (SSSR count). The molecule has 0 spiro atoms. The monoisotopic (exact) mass is 303 g/mol. The Bertz CT molecular complexity index is 687. The Hall–Kier alpha value is -2.89. The fraction of sp³-hybridized carbons (Fsp3) is 0.125. The van der Waals surface area contributed by atoms with Crippen LogP contribution in [0.1, 0.15) is 10.4 Å². The summed E-state index contributed by atoms with van der Waals surface area (Å²) in [5.41, 5.74) is -0.132. The lowest BCUT2D eigenvalue weighted by atomic mass is 10.2. The number of nitrogens with one attached hydrogen (secondary N) is 1. The lowest BCUT2D eigenvalue weighted by Gasteiger charge is -2.09. The van der Waals surface area contributed by atoms with Crippen LogP contribution in [-0.4, -0.2) is 25.5 Å². The van der Waals surface area contributed by atoms with Gasteiger partial charge in [-0.3, -0.25) is 4.79 Å². The van der Waals surface area contributed by atoms with E-state index >= 15 is 0 Å². The molecule has 0 aliphatic rings. The molecular weight excluding hydrogens is 289 g/mol. The van der Waals surface area contributed by atoms with E-state index in [0.29, 0.717) is 5.75 Å². The molecule has 0 atom stereocenters. The molecule has 0 aliphatic heterocycles. The fourth-order valence-electron chi connectivity index (χ4n) is 1.75. The number of para-hydroxylation sites is 2. The molecule has 1 amide bonds. The number of carbonyl (C=O) groups is 2. The molecule has 0 saturated carbocycles. The quantitative estimate of drug-likeness (QED) is 0.679. The summed E-state index contributed by atoms with van der Waals surface area (Å²) in [5.74, 6) is -1.38. The molecule has 0 heterocycles. The highest BCUT2D eigenvalue weighted by Gasteiger charge is 2.14. The number of esters is 1. The lowest BCUT2D eigenvalue weighted by molar-refractivity contribution is -0.133. The highest BCUT2D eigenvalue weighted by Crippen LogP contribution is 2.25. The van der Waals surface area contributed by atoms with Gasteiger partial charge in [0.15, 0.2) is 11.5 Å². The number of ether oxygens (including phenoxy) is 2. The number of carbonyl (C=O) groups excluding carboxylic acids is 2. The first-order chi connectivity index (χ1) is 10.6. The van der Waals surface area contributed by atoms with Gasteiger partial charge in [-0.25, -0.2) is 9.18 Å². The summed E-state index contributed by atoms with van der Waals surface area (Å²) in [4.78, 5) is 23.5. The summed E-state index contributed by atoms with van der Waals surface area (Å²) in [6.45, 7) is -0.384. The summed E-state index contributed by atoms with van der Waals surface area (Å²) < 4.78 is 23.5. The van der Waals surface area contributed by atoms with Crippen LogP contribution in [0.25, 0.3) is 0 Å². The molecule has 2 aromatic carbocycles. The van der Waals surface area contributed by atoms with Gasteiger partial charge < -0.3 is 14.8 Å². The second-order valence-electron chi connectivity index (χ2n) is 4.29. The van der Waals surface area contributed by atoms with Crippen LogP contribution in [0.5, 0.6) is 11.5 Å². The third kappa shape index (κ3) is 3.82. The number of methoxy groups -OCH3 is 1. The van der Waals surface area contributed by atoms with E-state index in [1.165, 1.54) is 31.4 Å². The van der Waals surface area contributed by atoms with Crippen molar-refractivity contribution in [3.63, 3.8) is 0 Å². The van der Waals surface area contributed by atoms with Crippen LogP contribution in [0.15, 0.2) is 48.5 Å². The highest BCUT2D eigenvalue weighted by atomic mass is 19.1. The third-order valence-corrected chi connectivity index (χ3v) is 2.80. The van der Waals surface area contributed by atoms with E-state index in [1.807, 2.05) is 0 Å². The minimum absolute atomic E-state index is 0.132. The topological polar surface area (TPSA) is 64.6 Å². The minimum atomic E-state index is -0.686. The van der Waals surface area contributed by atoms with Gasteiger partial charge in [0.05, 0.1) is 12.7 Å². The molecule has 0 aliphatic carbocycles. The summed E-state index contributed by atoms with van der Waals surface area (Å²) in [7, 11) is 1.45. The van der Waals surface area contributed by atoms with Crippen molar-refractivity contribution >= 4 is 11.9 Å². The molecule has 0 bridgehead atoms. The number of halogens is 1. The Morgan fingerprint density at radius 2 is 1.68 bits per heavy atom. The first kappa shape index (κ1) is 15.5. The van der Waals surface area contributed by atoms with Crippen LogP contribution in [0, 0.1) is 5.82 Å². The maximum Gasteiger partial charge on any atom is 0.330 e. The van der Waals surface area contributed by atoms with E-state index in [0.717, 1.165) is 0 Å². The van der Waals surface area contributed by atoms with Crippen LogP contribution in [0.3, 0.4) is 0 Å². The Balaban J connectivity index is 1.93. The van der Waals surface area contributed by atoms with E-state index in [4.69, 9.17) is 9.47 Å². The van der Waals surface area contributed by atoms with E-state index < -0.39 is 17.7 Å². The molecule has 6 heteroatoms. The first-order valence-corrected chi connectivity index (χ1v) is 6.48. The van der Waals surface area contributed by atoms with Crippen molar-refractivity contribution in [1.82, 2.24) is 5.32 Å². The molecule has 0 saturated heterocycles. The van der Waals surface area contributed by atoms with Gasteiger partial charge in [-0.1, -0.05) is 24.3 Å². The summed E-state index contributed by atoms with van der Waals surface area (Å²) >= 11 is 0. The zero-order valence-corrected chi connectivity index (χ0v) is 11.8. The van der Waals surface area contributed by atoms with E-state index in [9.17, 15) is 14.0 Å². The molecule has 5 nitrogen and oxygen atoms in total. The van der Waals surface area contributed by atoms with E-state index in [1.54, 1.807) is 24.3 Å². The van der Waals surface area contributed by atoms with Crippen molar-refractivity contribution in [2.75, 3.05) is 13.7 Å². The van der Waals surface area contributed by atoms with Gasteiger partial charge in [-0.15, -0.1) is 0 Å². The average Bonchev–Trinajstić information content (AvgIpc) is 2.53. The second kappa shape index (κ2) is 7.21. The molecule has 114 valence electrons. The van der Waals surface area contributed by atoms with Crippen LogP contribution in [-0.2, 0) is 4.79 Å². The second-order valence-corrected chi connectivity index (χ2v) is 4.29. The zero-order chi connectivity index (χ0) is 15.9. The van der Waals surface area contributed by atoms with Gasteiger partial charge in [-0.05, 0) is 24.3 Å². The van der Waals surface area contributed by atoms with E-state index in [2.05, 4.69) is 5.32 Å². The summed E-state index contributed by atoms with van der Waals surface area (Å²) in [6.07, 6.45) is 0. The van der Waals surface area contributed by atoms with Crippen LogP contribution < -0.4 is 14.8 Å². The number of rotatable bonds is 5. The van der Waals surface area contributed by atoms with Gasteiger partial charge in [0.25, 0.3) is 5.91 Å². The zero-order valence-electron chi connectivity index (χ0n) is 11.8. The predicted octanol–water partition coefficient (Wildman–Crippen LogP) is 2.17. The number of benzene rings is 2. The van der Waals surface area contributed by atoms with E-state index in [-0.39, 0.29) is 17.9 Å². The molecule has 22 heavy (non-hydrogen) atoms. The number of hydrogen-bond donors (Lipinski definition) is 1. The SMILES string of the molecule is COc1ccccc1OC(=O)CNC(=O)c1ccccc1F. The smallest absolute Gasteiger partial charge is 0.330 e. The average molecular weight is 303 g/mol. The van der Waals surface area contributed by atoms with Crippen LogP contribution in [0.2, 0.25) is 0 Å². The Kier molecular flexibility index (Phi) is 5.08. The van der Waals surface area contributed by atoms with Gasteiger partial charge in [0.2, 0.25) is 0 Å². The molecule has 2 aromatic rings.